The van der Waals surface area contributed by atoms with Crippen molar-refractivity contribution >= 4 is 21.6 Å². The summed E-state index contributed by atoms with van der Waals surface area (Å²) in [4.78, 5) is 13.1. The predicted molar refractivity (Wildman–Crippen MR) is 123 cm³/mol. The molecule has 0 saturated carbocycles. The fourth-order valence-electron chi connectivity index (χ4n) is 3.37. The van der Waals surface area contributed by atoms with Gasteiger partial charge in [0.1, 0.15) is 11.8 Å². The van der Waals surface area contributed by atoms with Gasteiger partial charge in [0.05, 0.1) is 16.8 Å². The van der Waals surface area contributed by atoms with Crippen molar-refractivity contribution in [2.75, 3.05) is 11.4 Å². The number of nitrogens with zero attached hydrogens (tertiary/aromatic N) is 1. The molecular formula is C25H22N2O4S. The van der Waals surface area contributed by atoms with Crippen molar-refractivity contribution in [3.05, 3.63) is 120 Å². The SMILES string of the molecule is CN(c1ccccc1)S(=O)(=O)c1cccc(C(=O)NC(c2ccccc2)c2ccco2)c1. The topological polar surface area (TPSA) is 79.6 Å². The first-order valence-electron chi connectivity index (χ1n) is 10.00. The second-order valence-corrected chi connectivity index (χ2v) is 9.14. The number of anilines is 1. The monoisotopic (exact) mass is 446 g/mol. The van der Waals surface area contributed by atoms with E-state index in [0.29, 0.717) is 11.4 Å². The quantitative estimate of drug-likeness (QED) is 0.449. The van der Waals surface area contributed by atoms with Crippen molar-refractivity contribution in [2.45, 2.75) is 10.9 Å². The van der Waals surface area contributed by atoms with Crippen LogP contribution in [0.4, 0.5) is 5.69 Å². The summed E-state index contributed by atoms with van der Waals surface area (Å²) in [7, 11) is -2.35. The van der Waals surface area contributed by atoms with Crippen LogP contribution in [0.5, 0.6) is 0 Å². The van der Waals surface area contributed by atoms with Gasteiger partial charge in [0.15, 0.2) is 0 Å². The molecule has 1 unspecified atom stereocenters. The summed E-state index contributed by atoms with van der Waals surface area (Å²) < 4.78 is 33.0. The minimum atomic E-state index is -3.84. The van der Waals surface area contributed by atoms with Crippen LogP contribution in [0, 0.1) is 0 Å². The molecule has 0 aliphatic carbocycles. The lowest BCUT2D eigenvalue weighted by atomic mass is 10.0. The molecule has 6 nitrogen and oxygen atoms in total. The Morgan fingerprint density at radius 1 is 0.875 bits per heavy atom. The van der Waals surface area contributed by atoms with Crippen molar-refractivity contribution in [1.82, 2.24) is 5.32 Å². The highest BCUT2D eigenvalue weighted by molar-refractivity contribution is 7.92. The number of carbonyl (C=O) groups is 1. The van der Waals surface area contributed by atoms with Crippen LogP contribution in [0.15, 0.2) is 113 Å². The molecular weight excluding hydrogens is 424 g/mol. The van der Waals surface area contributed by atoms with E-state index < -0.39 is 22.0 Å². The number of furan rings is 1. The van der Waals surface area contributed by atoms with Crippen LogP contribution in [0.2, 0.25) is 0 Å². The van der Waals surface area contributed by atoms with Crippen molar-refractivity contribution in [1.29, 1.82) is 0 Å². The van der Waals surface area contributed by atoms with Gasteiger partial charge < -0.3 is 9.73 Å². The van der Waals surface area contributed by atoms with Gasteiger partial charge in [0, 0.05) is 12.6 Å². The summed E-state index contributed by atoms with van der Waals surface area (Å²) in [6.07, 6.45) is 1.55. The number of sulfonamides is 1. The Balaban J connectivity index is 1.62. The minimum absolute atomic E-state index is 0.0331. The molecule has 4 rings (SSSR count). The van der Waals surface area contributed by atoms with Gasteiger partial charge in [-0.05, 0) is 48.0 Å². The fourth-order valence-corrected chi connectivity index (χ4v) is 4.61. The van der Waals surface area contributed by atoms with E-state index in [9.17, 15) is 13.2 Å². The van der Waals surface area contributed by atoms with Crippen LogP contribution in [0.1, 0.15) is 27.7 Å². The third kappa shape index (κ3) is 4.43. The highest BCUT2D eigenvalue weighted by Crippen LogP contribution is 2.25. The first kappa shape index (κ1) is 21.4. The highest BCUT2D eigenvalue weighted by atomic mass is 32.2. The van der Waals surface area contributed by atoms with Gasteiger partial charge in [0.25, 0.3) is 15.9 Å². The Labute approximate surface area is 187 Å². The first-order valence-corrected chi connectivity index (χ1v) is 11.4. The number of hydrogen-bond donors (Lipinski definition) is 1. The van der Waals surface area contributed by atoms with Crippen molar-refractivity contribution < 1.29 is 17.6 Å². The molecule has 4 aromatic rings. The summed E-state index contributed by atoms with van der Waals surface area (Å²) in [5.41, 5.74) is 1.62. The second-order valence-electron chi connectivity index (χ2n) is 7.17. The van der Waals surface area contributed by atoms with Crippen LogP contribution in [0.3, 0.4) is 0 Å². The molecule has 1 amide bonds. The number of rotatable bonds is 7. The lowest BCUT2D eigenvalue weighted by Crippen LogP contribution is -2.30. The summed E-state index contributed by atoms with van der Waals surface area (Å²) in [5.74, 6) is 0.173. The summed E-state index contributed by atoms with van der Waals surface area (Å²) in [5, 5.41) is 2.95. The molecule has 0 fully saturated rings. The van der Waals surface area contributed by atoms with Crippen molar-refractivity contribution in [3.8, 4) is 0 Å². The Bertz CT molecular complexity index is 1290. The molecule has 0 radical (unpaired) electrons. The normalized spacial score (nSPS) is 12.2. The van der Waals surface area contributed by atoms with E-state index >= 15 is 0 Å². The molecule has 1 atom stereocenters. The average molecular weight is 447 g/mol. The van der Waals surface area contributed by atoms with Crippen LogP contribution in [0.25, 0.3) is 0 Å². The zero-order valence-corrected chi connectivity index (χ0v) is 18.2. The summed E-state index contributed by atoms with van der Waals surface area (Å²) in [6, 6.07) is 27.2. The Kier molecular flexibility index (Phi) is 6.09. The lowest BCUT2D eigenvalue weighted by molar-refractivity contribution is 0.0938. The maximum Gasteiger partial charge on any atom is 0.264 e. The number of hydrogen-bond acceptors (Lipinski definition) is 4. The van der Waals surface area contributed by atoms with Gasteiger partial charge in [-0.2, -0.15) is 0 Å². The molecule has 0 saturated heterocycles. The molecule has 32 heavy (non-hydrogen) atoms. The largest absolute Gasteiger partial charge is 0.467 e. The predicted octanol–water partition coefficient (Wildman–Crippen LogP) is 4.62. The molecule has 7 heteroatoms. The van der Waals surface area contributed by atoms with Gasteiger partial charge in [-0.15, -0.1) is 0 Å². The zero-order valence-electron chi connectivity index (χ0n) is 17.4. The van der Waals surface area contributed by atoms with Gasteiger partial charge in [-0.25, -0.2) is 8.42 Å². The number of amides is 1. The van der Waals surface area contributed by atoms with E-state index in [1.54, 1.807) is 54.8 Å². The third-order valence-electron chi connectivity index (χ3n) is 5.11. The maximum absolute atomic E-state index is 13.1. The zero-order chi connectivity index (χ0) is 22.6. The highest BCUT2D eigenvalue weighted by Gasteiger charge is 2.24. The number of para-hydroxylation sites is 1. The van der Waals surface area contributed by atoms with E-state index in [4.69, 9.17) is 4.42 Å². The Morgan fingerprint density at radius 3 is 2.22 bits per heavy atom. The maximum atomic E-state index is 13.1. The lowest BCUT2D eigenvalue weighted by Gasteiger charge is -2.20. The standard InChI is InChI=1S/C25H22N2O4S/c1-27(21-13-6-3-7-14-21)32(29,30)22-15-8-12-20(18-22)25(28)26-24(23-16-9-17-31-23)19-10-4-2-5-11-19/h2-18,24H,1H3,(H,26,28). The van der Waals surface area contributed by atoms with Crippen LogP contribution in [-0.4, -0.2) is 21.4 Å². The van der Waals surface area contributed by atoms with Gasteiger partial charge in [0.2, 0.25) is 0 Å². The van der Waals surface area contributed by atoms with E-state index in [2.05, 4.69) is 5.32 Å². The van der Waals surface area contributed by atoms with E-state index in [1.165, 1.54) is 23.5 Å². The van der Waals surface area contributed by atoms with Gasteiger partial charge in [-0.3, -0.25) is 9.10 Å². The molecule has 0 aliphatic heterocycles. The summed E-state index contributed by atoms with van der Waals surface area (Å²) >= 11 is 0. The van der Waals surface area contributed by atoms with E-state index in [-0.39, 0.29) is 10.5 Å². The number of benzene rings is 3. The Morgan fingerprint density at radius 2 is 1.56 bits per heavy atom. The molecule has 0 bridgehead atoms. The molecule has 162 valence electrons. The number of nitrogens with one attached hydrogen (secondary N) is 1. The molecule has 0 aliphatic rings. The molecule has 1 heterocycles. The van der Waals surface area contributed by atoms with Crippen LogP contribution < -0.4 is 9.62 Å². The fraction of sp³-hybridized carbons (Fsp3) is 0.0800. The smallest absolute Gasteiger partial charge is 0.264 e. The third-order valence-corrected chi connectivity index (χ3v) is 6.89. The second kappa shape index (κ2) is 9.11. The van der Waals surface area contributed by atoms with Gasteiger partial charge >= 0.3 is 0 Å². The summed E-state index contributed by atoms with van der Waals surface area (Å²) in [6.45, 7) is 0. The van der Waals surface area contributed by atoms with E-state index in [0.717, 1.165) is 5.56 Å². The number of carbonyl (C=O) groups excluding carboxylic acids is 1. The van der Waals surface area contributed by atoms with Crippen LogP contribution in [-0.2, 0) is 10.0 Å². The minimum Gasteiger partial charge on any atom is -0.467 e. The van der Waals surface area contributed by atoms with Crippen LogP contribution >= 0.6 is 0 Å². The first-order chi connectivity index (χ1) is 15.5. The molecule has 1 aromatic heterocycles. The Hall–Kier alpha value is -3.84. The van der Waals surface area contributed by atoms with Crippen molar-refractivity contribution in [2.24, 2.45) is 0 Å². The van der Waals surface area contributed by atoms with Gasteiger partial charge in [-0.1, -0.05) is 54.6 Å². The van der Waals surface area contributed by atoms with Crippen molar-refractivity contribution in [3.63, 3.8) is 0 Å². The molecule has 3 aromatic carbocycles. The molecule has 0 spiro atoms. The van der Waals surface area contributed by atoms with E-state index in [1.807, 2.05) is 36.4 Å². The molecule has 1 N–H and O–H groups in total. The average Bonchev–Trinajstić information content (AvgIpc) is 3.37.